The molecule has 0 saturated heterocycles. The summed E-state index contributed by atoms with van der Waals surface area (Å²) >= 11 is 0. The summed E-state index contributed by atoms with van der Waals surface area (Å²) in [6, 6.07) is 3.21. The van der Waals surface area contributed by atoms with E-state index in [0.717, 1.165) is 0 Å². The van der Waals surface area contributed by atoms with Crippen molar-refractivity contribution in [3.8, 4) is 0 Å². The van der Waals surface area contributed by atoms with Gasteiger partial charge in [-0.1, -0.05) is 6.92 Å². The van der Waals surface area contributed by atoms with Gasteiger partial charge in [0.05, 0.1) is 6.26 Å². The molecule has 1 rings (SSSR count). The Labute approximate surface area is 112 Å². The number of nitrogens with one attached hydrogen (secondary N) is 2. The van der Waals surface area contributed by atoms with E-state index in [2.05, 4.69) is 10.6 Å². The highest BCUT2D eigenvalue weighted by molar-refractivity contribution is 5.91. The van der Waals surface area contributed by atoms with Crippen LogP contribution in [0.1, 0.15) is 17.5 Å². The number of halogens is 1. The van der Waals surface area contributed by atoms with Gasteiger partial charge in [-0.05, 0) is 12.1 Å². The molecule has 0 aliphatic heterocycles. The van der Waals surface area contributed by atoms with Crippen LogP contribution in [0.5, 0.6) is 0 Å². The summed E-state index contributed by atoms with van der Waals surface area (Å²) in [5.74, 6) is -0.363. The highest BCUT2D eigenvalue weighted by Gasteiger charge is 2.10. The van der Waals surface area contributed by atoms with Gasteiger partial charge >= 0.3 is 0 Å². The Morgan fingerprint density at radius 2 is 2.06 bits per heavy atom. The third-order valence-corrected chi connectivity index (χ3v) is 2.26. The van der Waals surface area contributed by atoms with Gasteiger partial charge in [-0.3, -0.25) is 9.59 Å². The van der Waals surface area contributed by atoms with Crippen molar-refractivity contribution in [1.29, 1.82) is 0 Å². The zero-order valence-corrected chi connectivity index (χ0v) is 11.0. The Hall–Kier alpha value is -1.53. The molecule has 0 aliphatic carbocycles. The molecular weight excluding hydrogens is 258 g/mol. The number of nitrogens with two attached hydrogens (primary N) is 1. The van der Waals surface area contributed by atoms with E-state index < -0.39 is 0 Å². The lowest BCUT2D eigenvalue weighted by molar-refractivity contribution is -0.124. The molecular formula is C11H18ClN3O3. The van der Waals surface area contributed by atoms with Gasteiger partial charge in [0.25, 0.3) is 5.91 Å². The summed E-state index contributed by atoms with van der Waals surface area (Å²) in [4.78, 5) is 22.7. The molecule has 0 radical (unpaired) electrons. The Bertz CT molecular complexity index is 368. The van der Waals surface area contributed by atoms with E-state index in [1.165, 1.54) is 6.26 Å². The van der Waals surface area contributed by atoms with Gasteiger partial charge in [0.2, 0.25) is 5.91 Å². The first-order valence-corrected chi connectivity index (χ1v) is 5.44. The average Bonchev–Trinajstić information content (AvgIpc) is 2.86. The van der Waals surface area contributed by atoms with Gasteiger partial charge in [-0.2, -0.15) is 0 Å². The molecule has 2 amide bonds. The molecule has 6 nitrogen and oxygen atoms in total. The number of hydrogen-bond donors (Lipinski definition) is 3. The molecule has 1 heterocycles. The maximum atomic E-state index is 11.4. The number of carbonyl (C=O) groups is 2. The van der Waals surface area contributed by atoms with E-state index in [0.29, 0.717) is 19.6 Å². The van der Waals surface area contributed by atoms with Gasteiger partial charge in [-0.25, -0.2) is 0 Å². The molecule has 0 saturated carbocycles. The predicted molar refractivity (Wildman–Crippen MR) is 69.5 cm³/mol. The third kappa shape index (κ3) is 5.20. The van der Waals surface area contributed by atoms with Crippen LogP contribution in [0.15, 0.2) is 22.8 Å². The summed E-state index contributed by atoms with van der Waals surface area (Å²) in [5, 5.41) is 5.29. The van der Waals surface area contributed by atoms with Crippen LogP contribution in [-0.2, 0) is 4.79 Å². The highest BCUT2D eigenvalue weighted by Crippen LogP contribution is 1.98. The number of rotatable bonds is 6. The van der Waals surface area contributed by atoms with E-state index in [-0.39, 0.29) is 35.9 Å². The van der Waals surface area contributed by atoms with Crippen molar-refractivity contribution in [2.45, 2.75) is 6.92 Å². The van der Waals surface area contributed by atoms with Crippen molar-refractivity contribution in [3.63, 3.8) is 0 Å². The Balaban J connectivity index is 0.00000289. The zero-order chi connectivity index (χ0) is 12.7. The molecule has 0 aromatic carbocycles. The van der Waals surface area contributed by atoms with E-state index in [9.17, 15) is 9.59 Å². The second-order valence-electron chi connectivity index (χ2n) is 3.66. The second kappa shape index (κ2) is 8.54. The molecule has 0 fully saturated rings. The first-order chi connectivity index (χ1) is 8.15. The zero-order valence-electron chi connectivity index (χ0n) is 10.1. The summed E-state index contributed by atoms with van der Waals surface area (Å²) in [6.07, 6.45) is 1.43. The normalized spacial score (nSPS) is 11.2. The van der Waals surface area contributed by atoms with Crippen LogP contribution in [0, 0.1) is 5.92 Å². The van der Waals surface area contributed by atoms with Crippen LogP contribution >= 0.6 is 12.4 Å². The maximum absolute atomic E-state index is 11.4. The molecule has 1 aromatic rings. The standard InChI is InChI=1S/C11H17N3O3.ClH/c1-8(7-12)10(15)13-4-5-14-11(16)9-3-2-6-17-9;/h2-3,6,8H,4-5,7,12H2,1H3,(H,13,15)(H,14,16);1H. The molecule has 0 aliphatic rings. The SMILES string of the molecule is CC(CN)C(=O)NCCNC(=O)c1ccco1.Cl. The quantitative estimate of drug-likeness (QED) is 0.644. The van der Waals surface area contributed by atoms with E-state index in [1.54, 1.807) is 19.1 Å². The number of hydrogen-bond acceptors (Lipinski definition) is 4. The second-order valence-corrected chi connectivity index (χ2v) is 3.66. The van der Waals surface area contributed by atoms with E-state index in [4.69, 9.17) is 10.2 Å². The number of furan rings is 1. The summed E-state index contributed by atoms with van der Waals surface area (Å²) < 4.78 is 4.91. The number of amides is 2. The minimum atomic E-state index is -0.295. The van der Waals surface area contributed by atoms with E-state index in [1.807, 2.05) is 0 Å². The molecule has 4 N–H and O–H groups in total. The lowest BCUT2D eigenvalue weighted by Crippen LogP contribution is -2.38. The molecule has 0 bridgehead atoms. The molecule has 102 valence electrons. The molecule has 1 aromatic heterocycles. The van der Waals surface area contributed by atoms with Crippen molar-refractivity contribution < 1.29 is 14.0 Å². The van der Waals surface area contributed by atoms with E-state index >= 15 is 0 Å². The summed E-state index contributed by atoms with van der Waals surface area (Å²) in [6.45, 7) is 2.78. The summed E-state index contributed by atoms with van der Waals surface area (Å²) in [7, 11) is 0. The van der Waals surface area contributed by atoms with Crippen LogP contribution in [-0.4, -0.2) is 31.4 Å². The minimum absolute atomic E-state index is 0. The Morgan fingerprint density at radius 1 is 1.39 bits per heavy atom. The van der Waals surface area contributed by atoms with Gasteiger partial charge in [0.15, 0.2) is 5.76 Å². The molecule has 7 heteroatoms. The fraction of sp³-hybridized carbons (Fsp3) is 0.455. The fourth-order valence-electron chi connectivity index (χ4n) is 1.14. The van der Waals surface area contributed by atoms with Crippen LogP contribution in [0.3, 0.4) is 0 Å². The van der Waals surface area contributed by atoms with Crippen molar-refractivity contribution in [2.75, 3.05) is 19.6 Å². The van der Waals surface area contributed by atoms with Crippen LogP contribution < -0.4 is 16.4 Å². The summed E-state index contributed by atoms with van der Waals surface area (Å²) in [5.41, 5.74) is 5.35. The Morgan fingerprint density at radius 3 is 2.61 bits per heavy atom. The van der Waals surface area contributed by atoms with Crippen LogP contribution in [0.25, 0.3) is 0 Å². The van der Waals surface area contributed by atoms with Crippen molar-refractivity contribution in [1.82, 2.24) is 10.6 Å². The molecule has 1 unspecified atom stereocenters. The average molecular weight is 276 g/mol. The van der Waals surface area contributed by atoms with Crippen molar-refractivity contribution in [2.24, 2.45) is 11.7 Å². The van der Waals surface area contributed by atoms with Gasteiger partial charge in [0, 0.05) is 25.6 Å². The minimum Gasteiger partial charge on any atom is -0.459 e. The van der Waals surface area contributed by atoms with Gasteiger partial charge in [-0.15, -0.1) is 12.4 Å². The first-order valence-electron chi connectivity index (χ1n) is 5.44. The topological polar surface area (TPSA) is 97.4 Å². The maximum Gasteiger partial charge on any atom is 0.287 e. The lowest BCUT2D eigenvalue weighted by Gasteiger charge is -2.09. The molecule has 18 heavy (non-hydrogen) atoms. The van der Waals surface area contributed by atoms with Gasteiger partial charge < -0.3 is 20.8 Å². The van der Waals surface area contributed by atoms with Crippen LogP contribution in [0.2, 0.25) is 0 Å². The molecule has 1 atom stereocenters. The largest absolute Gasteiger partial charge is 0.459 e. The smallest absolute Gasteiger partial charge is 0.287 e. The van der Waals surface area contributed by atoms with Crippen molar-refractivity contribution in [3.05, 3.63) is 24.2 Å². The molecule has 0 spiro atoms. The van der Waals surface area contributed by atoms with Crippen LogP contribution in [0.4, 0.5) is 0 Å². The highest BCUT2D eigenvalue weighted by atomic mass is 35.5. The fourth-order valence-corrected chi connectivity index (χ4v) is 1.14. The van der Waals surface area contributed by atoms with Gasteiger partial charge in [0.1, 0.15) is 0 Å². The third-order valence-electron chi connectivity index (χ3n) is 2.26. The monoisotopic (exact) mass is 275 g/mol. The first kappa shape index (κ1) is 16.5. The lowest BCUT2D eigenvalue weighted by atomic mass is 10.2. The van der Waals surface area contributed by atoms with Crippen molar-refractivity contribution >= 4 is 24.2 Å². The predicted octanol–water partition coefficient (Wildman–Crippen LogP) is 0.142. The number of carbonyl (C=O) groups excluding carboxylic acids is 2. The Kier molecular flexibility index (Phi) is 7.82.